The van der Waals surface area contributed by atoms with Gasteiger partial charge in [-0.05, 0) is 39.0 Å². The molecule has 0 aromatic carbocycles. The van der Waals surface area contributed by atoms with E-state index in [0.717, 1.165) is 38.5 Å². The molecule has 8 heteroatoms. The fraction of sp³-hybridized carbons (Fsp3) is 0.941. The van der Waals surface area contributed by atoms with E-state index in [-0.39, 0.29) is 18.5 Å². The number of hydrogen-bond acceptors (Lipinski definition) is 7. The van der Waals surface area contributed by atoms with Crippen LogP contribution in [-0.2, 0) is 32.4 Å². The van der Waals surface area contributed by atoms with Crippen LogP contribution in [0.4, 0.5) is 0 Å². The first-order chi connectivity index (χ1) is 20.5. The lowest BCUT2D eigenvalue weighted by molar-refractivity contribution is -0.117. The second kappa shape index (κ2) is 32.0. The van der Waals surface area contributed by atoms with Crippen molar-refractivity contribution < 1.29 is 32.4 Å². The van der Waals surface area contributed by atoms with Gasteiger partial charge in [0.15, 0.2) is 0 Å². The number of carbonyl (C=O) groups is 1. The molecule has 0 spiro atoms. The highest BCUT2D eigenvalue weighted by Crippen LogP contribution is 2.48. The monoisotopic (exact) mass is 619 g/mol. The van der Waals surface area contributed by atoms with Crippen LogP contribution in [-0.4, -0.2) is 52.0 Å². The van der Waals surface area contributed by atoms with Crippen molar-refractivity contribution in [2.45, 2.75) is 168 Å². The predicted molar refractivity (Wildman–Crippen MR) is 175 cm³/mol. The highest BCUT2D eigenvalue weighted by Gasteiger charge is 2.27. The van der Waals surface area contributed by atoms with Crippen LogP contribution in [0.1, 0.15) is 162 Å². The molecule has 0 aromatic heterocycles. The minimum absolute atomic E-state index is 0.0690. The number of ketones is 1. The van der Waals surface area contributed by atoms with Gasteiger partial charge in [0.25, 0.3) is 0 Å². The summed E-state index contributed by atoms with van der Waals surface area (Å²) in [5.74, 6) is 0.187. The summed E-state index contributed by atoms with van der Waals surface area (Å²) in [6.45, 7) is 7.83. The van der Waals surface area contributed by atoms with Crippen LogP contribution in [0, 0.1) is 6.42 Å². The van der Waals surface area contributed by atoms with E-state index in [9.17, 15) is 9.36 Å². The topological polar surface area (TPSA) is 80.3 Å². The summed E-state index contributed by atoms with van der Waals surface area (Å²) in [5, 5.41) is 0. The van der Waals surface area contributed by atoms with Gasteiger partial charge in [0, 0.05) is 26.7 Å². The van der Waals surface area contributed by atoms with Gasteiger partial charge in [-0.25, -0.2) is 4.57 Å². The van der Waals surface area contributed by atoms with Crippen molar-refractivity contribution in [3.8, 4) is 0 Å². The number of phosphoric ester groups is 1. The van der Waals surface area contributed by atoms with Gasteiger partial charge in [-0.3, -0.25) is 13.6 Å². The Kier molecular flexibility index (Phi) is 31.7. The Morgan fingerprint density at radius 3 is 1.71 bits per heavy atom. The van der Waals surface area contributed by atoms with E-state index in [2.05, 4.69) is 13.3 Å². The number of hydrogen-bond donors (Lipinski definition) is 0. The van der Waals surface area contributed by atoms with Crippen LogP contribution in [0.2, 0.25) is 0 Å². The minimum Gasteiger partial charge on any atom is -0.379 e. The summed E-state index contributed by atoms with van der Waals surface area (Å²) in [5.41, 5.74) is 0. The summed E-state index contributed by atoms with van der Waals surface area (Å²) < 4.78 is 40.8. The molecule has 2 atom stereocenters. The summed E-state index contributed by atoms with van der Waals surface area (Å²) >= 11 is 0. The summed E-state index contributed by atoms with van der Waals surface area (Å²) in [6, 6.07) is 0. The fourth-order valence-electron chi connectivity index (χ4n) is 4.78. The van der Waals surface area contributed by atoms with Crippen molar-refractivity contribution >= 4 is 13.6 Å². The standard InChI is InChI=1S/C34H68O7P/c1-5-7-9-11-12-13-14-15-16-17-18-19-20-21-22-24-28-38-31-34(39-29-26-23-27-33(3)35)32-41-42(36,37-4)40-30-25-10-8-6-2/h6,34H,5,7-32H2,1-4H3/q+1. The largest absolute Gasteiger partial charge is 0.474 e. The second-order valence-electron chi connectivity index (χ2n) is 11.7. The molecule has 0 radical (unpaired) electrons. The molecule has 0 aliphatic carbocycles. The molecular formula is C34H68O7P+. The van der Waals surface area contributed by atoms with E-state index in [1.54, 1.807) is 6.92 Å². The molecule has 0 amide bonds. The van der Waals surface area contributed by atoms with Gasteiger partial charge in [-0.2, -0.15) is 0 Å². The molecule has 2 unspecified atom stereocenters. The molecule has 0 saturated carbocycles. The van der Waals surface area contributed by atoms with Crippen molar-refractivity contribution in [3.63, 3.8) is 0 Å². The maximum absolute atomic E-state index is 12.8. The SMILES string of the molecule is C[CH+]CCCCOP(=O)(OC)OCC(COCCCCCCCCCCCCCCCCCC)OCCCCC(C)=O. The smallest absolute Gasteiger partial charge is 0.379 e. The molecule has 0 N–H and O–H groups in total. The molecular weight excluding hydrogens is 551 g/mol. The first-order valence-electron chi connectivity index (χ1n) is 17.4. The van der Waals surface area contributed by atoms with E-state index in [1.165, 1.54) is 103 Å². The van der Waals surface area contributed by atoms with E-state index >= 15 is 0 Å². The lowest BCUT2D eigenvalue weighted by Crippen LogP contribution is -2.26. The van der Waals surface area contributed by atoms with Crippen LogP contribution in [0.15, 0.2) is 0 Å². The Balaban J connectivity index is 4.01. The average molecular weight is 620 g/mol. The number of phosphoric acid groups is 1. The Morgan fingerprint density at radius 2 is 1.19 bits per heavy atom. The Morgan fingerprint density at radius 1 is 0.667 bits per heavy atom. The predicted octanol–water partition coefficient (Wildman–Crippen LogP) is 10.6. The normalized spacial score (nSPS) is 13.7. The second-order valence-corrected chi connectivity index (χ2v) is 13.5. The molecule has 0 bridgehead atoms. The highest BCUT2D eigenvalue weighted by atomic mass is 31.2. The molecule has 0 saturated heterocycles. The molecule has 0 aliphatic heterocycles. The third kappa shape index (κ3) is 29.6. The molecule has 0 heterocycles. The van der Waals surface area contributed by atoms with Crippen molar-refractivity contribution in [1.29, 1.82) is 0 Å². The van der Waals surface area contributed by atoms with Crippen molar-refractivity contribution in [2.75, 3.05) is 40.1 Å². The van der Waals surface area contributed by atoms with Crippen LogP contribution in [0.5, 0.6) is 0 Å². The summed E-state index contributed by atoms with van der Waals surface area (Å²) in [4.78, 5) is 11.2. The zero-order chi connectivity index (χ0) is 31.0. The summed E-state index contributed by atoms with van der Waals surface area (Å²) in [6.07, 6.45) is 28.1. The number of unbranched alkanes of at least 4 members (excludes halogenated alkanes) is 19. The van der Waals surface area contributed by atoms with Crippen molar-refractivity contribution in [3.05, 3.63) is 6.42 Å². The number of rotatable bonds is 35. The van der Waals surface area contributed by atoms with Crippen LogP contribution < -0.4 is 0 Å². The van der Waals surface area contributed by atoms with Gasteiger partial charge in [0.1, 0.15) is 11.9 Å². The molecule has 0 aliphatic rings. The van der Waals surface area contributed by atoms with Crippen LogP contribution in [0.25, 0.3) is 0 Å². The zero-order valence-corrected chi connectivity index (χ0v) is 28.9. The molecule has 7 nitrogen and oxygen atoms in total. The van der Waals surface area contributed by atoms with Crippen molar-refractivity contribution in [2.24, 2.45) is 0 Å². The van der Waals surface area contributed by atoms with Gasteiger partial charge in [0.2, 0.25) is 0 Å². The lowest BCUT2D eigenvalue weighted by Gasteiger charge is -2.21. The van der Waals surface area contributed by atoms with Crippen LogP contribution in [0.3, 0.4) is 0 Å². The van der Waals surface area contributed by atoms with Gasteiger partial charge < -0.3 is 14.3 Å². The van der Waals surface area contributed by atoms with E-state index in [1.807, 2.05) is 6.92 Å². The third-order valence-corrected chi connectivity index (χ3v) is 8.91. The Labute approximate surface area is 260 Å². The van der Waals surface area contributed by atoms with Gasteiger partial charge in [-0.15, -0.1) is 0 Å². The quantitative estimate of drug-likeness (QED) is 0.0396. The highest BCUT2D eigenvalue weighted by molar-refractivity contribution is 7.48. The zero-order valence-electron chi connectivity index (χ0n) is 28.1. The van der Waals surface area contributed by atoms with Gasteiger partial charge in [-0.1, -0.05) is 103 Å². The number of ether oxygens (including phenoxy) is 2. The molecule has 0 fully saturated rings. The average Bonchev–Trinajstić information content (AvgIpc) is 2.98. The maximum atomic E-state index is 12.8. The van der Waals surface area contributed by atoms with E-state index in [4.69, 9.17) is 23.0 Å². The third-order valence-electron chi connectivity index (χ3n) is 7.50. The van der Waals surface area contributed by atoms with E-state index in [0.29, 0.717) is 32.8 Å². The van der Waals surface area contributed by atoms with Crippen molar-refractivity contribution in [1.82, 2.24) is 0 Å². The van der Waals surface area contributed by atoms with E-state index < -0.39 is 7.82 Å². The molecule has 0 aromatic rings. The first kappa shape index (κ1) is 41.6. The Hall–Kier alpha value is -0.430. The minimum atomic E-state index is -3.63. The fourth-order valence-corrected chi connectivity index (χ4v) is 5.77. The van der Waals surface area contributed by atoms with Gasteiger partial charge in [0.05, 0.1) is 39.6 Å². The molecule has 0 rings (SSSR count). The van der Waals surface area contributed by atoms with Crippen LogP contribution >= 0.6 is 7.82 Å². The molecule has 42 heavy (non-hydrogen) atoms. The maximum Gasteiger partial charge on any atom is 0.474 e. The number of Topliss-reactive ketones (excluding diaryl/α,β-unsaturated/α-hetero) is 1. The summed E-state index contributed by atoms with van der Waals surface area (Å²) in [7, 11) is -2.29. The lowest BCUT2D eigenvalue weighted by atomic mass is 10.0. The molecule has 250 valence electrons. The Bertz CT molecular complexity index is 617. The first-order valence-corrected chi connectivity index (χ1v) is 18.8. The van der Waals surface area contributed by atoms with Gasteiger partial charge >= 0.3 is 7.82 Å². The number of carbonyl (C=O) groups excluding carboxylic acids is 1.